The molecule has 1 aliphatic carbocycles. The van der Waals surface area contributed by atoms with Crippen molar-refractivity contribution in [3.63, 3.8) is 0 Å². The van der Waals surface area contributed by atoms with Crippen molar-refractivity contribution in [3.05, 3.63) is 20.8 Å². The highest BCUT2D eigenvalue weighted by Gasteiger charge is 2.32. The minimum Gasteiger partial charge on any atom is -0.381 e. The lowest BCUT2D eigenvalue weighted by Gasteiger charge is -2.19. The topological polar surface area (TPSA) is 163 Å². The molecule has 0 aromatic heterocycles. The van der Waals surface area contributed by atoms with Gasteiger partial charge in [-0.05, 0) is 12.8 Å². The summed E-state index contributed by atoms with van der Waals surface area (Å²) in [6.45, 7) is 0.747. The first-order chi connectivity index (χ1) is 16.1. The molecule has 0 bridgehead atoms. The summed E-state index contributed by atoms with van der Waals surface area (Å²) in [6, 6.07) is -1.06. The first kappa shape index (κ1) is 27.6. The summed E-state index contributed by atoms with van der Waals surface area (Å²) in [4.78, 5) is 72.1. The van der Waals surface area contributed by atoms with E-state index in [-0.39, 0.29) is 62.1 Å². The van der Waals surface area contributed by atoms with Crippen LogP contribution in [0.5, 0.6) is 0 Å². The highest BCUT2D eigenvalue weighted by atomic mass is 35.5. The molecule has 0 spiro atoms. The zero-order valence-electron chi connectivity index (χ0n) is 18.0. The molecule has 2 aliphatic rings. The number of halogens is 3. The van der Waals surface area contributed by atoms with Crippen molar-refractivity contribution < 1.29 is 28.8 Å². The van der Waals surface area contributed by atoms with Crippen molar-refractivity contribution in [2.45, 2.75) is 38.1 Å². The van der Waals surface area contributed by atoms with Crippen LogP contribution in [-0.4, -0.2) is 67.4 Å². The third-order valence-electron chi connectivity index (χ3n) is 4.83. The average Bonchev–Trinajstić information content (AvgIpc) is 2.79. The third kappa shape index (κ3) is 8.00. The monoisotopic (exact) mass is 535 g/mol. The summed E-state index contributed by atoms with van der Waals surface area (Å²) in [7, 11) is 0. The quantitative estimate of drug-likeness (QED) is 0.220. The summed E-state index contributed by atoms with van der Waals surface area (Å²) in [5, 5.41) is 11.8. The maximum Gasteiger partial charge on any atom is 0.243 e. The van der Waals surface area contributed by atoms with Crippen molar-refractivity contribution in [1.29, 1.82) is 0 Å². The van der Waals surface area contributed by atoms with Crippen LogP contribution in [0.3, 0.4) is 0 Å². The molecule has 2 rings (SSSR count). The molecule has 1 atom stereocenters. The van der Waals surface area contributed by atoms with Gasteiger partial charge in [-0.3, -0.25) is 28.8 Å². The van der Waals surface area contributed by atoms with Gasteiger partial charge in [0.05, 0.1) is 6.42 Å². The van der Waals surface area contributed by atoms with Crippen LogP contribution < -0.4 is 26.6 Å². The van der Waals surface area contributed by atoms with Crippen LogP contribution in [0.25, 0.3) is 0 Å². The van der Waals surface area contributed by atoms with E-state index < -0.39 is 45.4 Å². The Labute approximate surface area is 210 Å². The molecule has 11 nitrogen and oxygen atoms in total. The summed E-state index contributed by atoms with van der Waals surface area (Å²) in [5.74, 6) is -3.17. The van der Waals surface area contributed by atoms with E-state index in [9.17, 15) is 28.8 Å². The highest BCUT2D eigenvalue weighted by Crippen LogP contribution is 2.30. The molecule has 0 aromatic carbocycles. The van der Waals surface area contributed by atoms with Gasteiger partial charge in [0.15, 0.2) is 0 Å². The van der Waals surface area contributed by atoms with E-state index in [1.165, 1.54) is 0 Å². The van der Waals surface area contributed by atoms with Crippen molar-refractivity contribution in [3.8, 4) is 0 Å². The Balaban J connectivity index is 1.79. The van der Waals surface area contributed by atoms with Gasteiger partial charge in [-0.1, -0.05) is 34.8 Å². The Hall–Kier alpha value is -2.63. The number of hydrogen-bond donors (Lipinski definition) is 5. The number of hydrogen-bond acceptors (Lipinski definition) is 7. The second kappa shape index (κ2) is 13.3. The molecule has 14 heteroatoms. The van der Waals surface area contributed by atoms with E-state index in [4.69, 9.17) is 34.8 Å². The second-order valence-electron chi connectivity index (χ2n) is 7.42. The van der Waals surface area contributed by atoms with Crippen molar-refractivity contribution in [1.82, 2.24) is 26.6 Å². The number of allylic oxidation sites excluding steroid dienone is 3. The number of ketones is 2. The van der Waals surface area contributed by atoms with Gasteiger partial charge >= 0.3 is 0 Å². The van der Waals surface area contributed by atoms with Gasteiger partial charge in [0, 0.05) is 39.0 Å². The fourth-order valence-electron chi connectivity index (χ4n) is 3.03. The molecule has 186 valence electrons. The molecule has 4 amide bonds. The van der Waals surface area contributed by atoms with Crippen molar-refractivity contribution in [2.75, 3.05) is 26.2 Å². The van der Waals surface area contributed by atoms with Gasteiger partial charge in [0.1, 0.15) is 26.8 Å². The zero-order valence-corrected chi connectivity index (χ0v) is 20.3. The number of unbranched alkanes of at least 4 members (excludes halogenated alkanes) is 1. The largest absolute Gasteiger partial charge is 0.381 e. The fraction of sp³-hybridized carbons (Fsp3) is 0.500. The maximum atomic E-state index is 12.5. The van der Waals surface area contributed by atoms with Crippen LogP contribution in [0.1, 0.15) is 32.1 Å². The lowest BCUT2D eigenvalue weighted by atomic mass is 10.1. The highest BCUT2D eigenvalue weighted by molar-refractivity contribution is 6.64. The maximum absolute atomic E-state index is 12.5. The molecular formula is C20H24Cl3N5O6. The minimum absolute atomic E-state index is 0.0210. The summed E-state index contributed by atoms with van der Waals surface area (Å²) >= 11 is 17.3. The summed E-state index contributed by atoms with van der Waals surface area (Å²) < 4.78 is 0. The van der Waals surface area contributed by atoms with Crippen LogP contribution in [0.2, 0.25) is 0 Å². The number of carbonyl (C=O) groups is 6. The van der Waals surface area contributed by atoms with Gasteiger partial charge in [-0.15, -0.1) is 0 Å². The van der Waals surface area contributed by atoms with Crippen LogP contribution >= 0.6 is 34.8 Å². The summed E-state index contributed by atoms with van der Waals surface area (Å²) in [5.41, 5.74) is -0.136. The molecule has 0 aromatic rings. The molecule has 34 heavy (non-hydrogen) atoms. The fourth-order valence-corrected chi connectivity index (χ4v) is 3.68. The number of Topliss-reactive ketones (excluding diaryl/α,β-unsaturated/α-hetero) is 2. The Kier molecular flexibility index (Phi) is 10.8. The minimum atomic E-state index is -1.06. The number of nitrogens with one attached hydrogen (secondary N) is 5. The van der Waals surface area contributed by atoms with Crippen molar-refractivity contribution in [2.24, 2.45) is 0 Å². The van der Waals surface area contributed by atoms with Gasteiger partial charge in [0.2, 0.25) is 35.2 Å². The van der Waals surface area contributed by atoms with Crippen molar-refractivity contribution >= 4 is 70.0 Å². The SMILES string of the molecule is O=C1CCNC(=O)CC(C(=O)NCCCCNC2=C(Cl)C(=O)C(Cl)=C(Cl)C2=O)NC(=O)CCN1. The first-order valence-electron chi connectivity index (χ1n) is 10.5. The van der Waals surface area contributed by atoms with Crippen LogP contribution in [0.15, 0.2) is 20.8 Å². The van der Waals surface area contributed by atoms with E-state index in [2.05, 4.69) is 26.6 Å². The molecule has 1 saturated heterocycles. The standard InChI is InChI=1S/C20H24Cl3N5O6/c21-14-15(22)19(33)17(16(23)18(14)32)26-5-1-2-6-27-20(34)10-9-13(31)25-7-3-11(29)24-8-4-12(30)28-10/h10,26H,1-9H2,(H,24,29)(H,25,31)(H,27,34)(H,28,30). The lowest BCUT2D eigenvalue weighted by molar-refractivity contribution is -0.132. The molecule has 0 radical (unpaired) electrons. The predicted molar refractivity (Wildman–Crippen MR) is 124 cm³/mol. The smallest absolute Gasteiger partial charge is 0.243 e. The van der Waals surface area contributed by atoms with Gasteiger partial charge in [0.25, 0.3) is 0 Å². The van der Waals surface area contributed by atoms with E-state index in [1.54, 1.807) is 0 Å². The Morgan fingerprint density at radius 1 is 0.794 bits per heavy atom. The third-order valence-corrected chi connectivity index (χ3v) is 6.01. The molecule has 1 fully saturated rings. The Morgan fingerprint density at radius 3 is 2.09 bits per heavy atom. The average molecular weight is 537 g/mol. The van der Waals surface area contributed by atoms with Crippen LogP contribution in [0, 0.1) is 0 Å². The normalized spacial score (nSPS) is 20.7. The van der Waals surface area contributed by atoms with Gasteiger partial charge in [-0.2, -0.15) is 0 Å². The molecule has 0 saturated carbocycles. The number of rotatable bonds is 7. The molecule has 5 N–H and O–H groups in total. The van der Waals surface area contributed by atoms with Crippen LogP contribution in [0.4, 0.5) is 0 Å². The first-order valence-corrected chi connectivity index (χ1v) is 11.6. The molecular weight excluding hydrogens is 513 g/mol. The number of carbonyl (C=O) groups excluding carboxylic acids is 6. The Morgan fingerprint density at radius 2 is 1.38 bits per heavy atom. The van der Waals surface area contributed by atoms with E-state index in [0.29, 0.717) is 12.8 Å². The van der Waals surface area contributed by atoms with E-state index in [0.717, 1.165) is 0 Å². The van der Waals surface area contributed by atoms with Gasteiger partial charge in [-0.25, -0.2) is 0 Å². The predicted octanol–water partition coefficient (Wildman–Crippen LogP) is -0.335. The van der Waals surface area contributed by atoms with Crippen LogP contribution in [-0.2, 0) is 28.8 Å². The molecule has 1 unspecified atom stereocenters. The van der Waals surface area contributed by atoms with E-state index >= 15 is 0 Å². The van der Waals surface area contributed by atoms with E-state index in [1.807, 2.05) is 0 Å². The lowest BCUT2D eigenvalue weighted by Crippen LogP contribution is -2.50. The number of amides is 4. The molecule has 1 aliphatic heterocycles. The second-order valence-corrected chi connectivity index (χ2v) is 8.56. The zero-order chi connectivity index (χ0) is 25.3. The van der Waals surface area contributed by atoms with Gasteiger partial charge < -0.3 is 26.6 Å². The molecule has 1 heterocycles. The Bertz CT molecular complexity index is 923. The summed E-state index contributed by atoms with van der Waals surface area (Å²) in [6.07, 6.45) is 0.763.